The maximum atomic E-state index is 5.22. The molecule has 3 rings (SSSR count). The van der Waals surface area contributed by atoms with Crippen molar-refractivity contribution in [2.24, 2.45) is 0 Å². The number of benzene rings is 1. The molecular weight excluding hydrogens is 344 g/mol. The van der Waals surface area contributed by atoms with Crippen molar-refractivity contribution in [3.8, 4) is 5.75 Å². The number of anilines is 1. The van der Waals surface area contributed by atoms with E-state index in [-0.39, 0.29) is 0 Å². The van der Waals surface area contributed by atoms with E-state index >= 15 is 0 Å². The van der Waals surface area contributed by atoms with Gasteiger partial charge in [0.1, 0.15) is 5.75 Å². The molecule has 0 spiro atoms. The summed E-state index contributed by atoms with van der Waals surface area (Å²) in [5.41, 5.74) is 0.999. The Morgan fingerprint density at radius 1 is 1.37 bits per heavy atom. The van der Waals surface area contributed by atoms with E-state index in [1.807, 2.05) is 18.2 Å². The van der Waals surface area contributed by atoms with Gasteiger partial charge < -0.3 is 10.1 Å². The van der Waals surface area contributed by atoms with Crippen LogP contribution < -0.4 is 10.1 Å². The molecule has 0 fully saturated rings. The van der Waals surface area contributed by atoms with Gasteiger partial charge in [-0.1, -0.05) is 11.3 Å². The topological polar surface area (TPSA) is 34.1 Å². The monoisotopic (exact) mass is 354 g/mol. The van der Waals surface area contributed by atoms with Crippen LogP contribution in [0.2, 0.25) is 0 Å². The van der Waals surface area contributed by atoms with Gasteiger partial charge in [-0.05, 0) is 45.6 Å². The van der Waals surface area contributed by atoms with Gasteiger partial charge in [-0.15, -0.1) is 11.3 Å². The highest BCUT2D eigenvalue weighted by atomic mass is 79.9. The fourth-order valence-electron chi connectivity index (χ4n) is 1.71. The summed E-state index contributed by atoms with van der Waals surface area (Å²) in [6, 6.07) is 7.99. The van der Waals surface area contributed by atoms with Gasteiger partial charge in [-0.25, -0.2) is 4.98 Å². The molecule has 0 atom stereocenters. The van der Waals surface area contributed by atoms with Crippen LogP contribution in [0.4, 0.5) is 5.13 Å². The molecule has 1 N–H and O–H groups in total. The lowest BCUT2D eigenvalue weighted by Gasteiger charge is -1.99. The van der Waals surface area contributed by atoms with E-state index in [1.54, 1.807) is 29.8 Å². The Kier molecular flexibility index (Phi) is 3.72. The van der Waals surface area contributed by atoms with Gasteiger partial charge in [0.25, 0.3) is 0 Å². The van der Waals surface area contributed by atoms with Gasteiger partial charge in [-0.2, -0.15) is 0 Å². The maximum Gasteiger partial charge on any atom is 0.184 e. The summed E-state index contributed by atoms with van der Waals surface area (Å²) in [5.74, 6) is 0.865. The number of nitrogens with zero attached hydrogens (tertiary/aromatic N) is 1. The first-order valence-corrected chi connectivity index (χ1v) is 8.15. The molecular formula is C13H11BrN2OS2. The third-order valence-electron chi connectivity index (χ3n) is 2.69. The van der Waals surface area contributed by atoms with Crippen molar-refractivity contribution in [1.29, 1.82) is 0 Å². The van der Waals surface area contributed by atoms with Gasteiger partial charge in [0, 0.05) is 9.35 Å². The minimum Gasteiger partial charge on any atom is -0.497 e. The zero-order valence-corrected chi connectivity index (χ0v) is 13.4. The van der Waals surface area contributed by atoms with E-state index in [0.29, 0.717) is 0 Å². The van der Waals surface area contributed by atoms with Gasteiger partial charge in [-0.3, -0.25) is 0 Å². The second-order valence-electron chi connectivity index (χ2n) is 3.90. The summed E-state index contributed by atoms with van der Waals surface area (Å²) in [4.78, 5) is 5.83. The summed E-state index contributed by atoms with van der Waals surface area (Å²) >= 11 is 6.90. The number of nitrogens with one attached hydrogen (secondary N) is 1. The van der Waals surface area contributed by atoms with E-state index < -0.39 is 0 Å². The molecule has 2 heterocycles. The summed E-state index contributed by atoms with van der Waals surface area (Å²) in [7, 11) is 1.68. The zero-order valence-electron chi connectivity index (χ0n) is 10.1. The maximum absolute atomic E-state index is 5.22. The Morgan fingerprint density at radius 2 is 2.26 bits per heavy atom. The van der Waals surface area contributed by atoms with Gasteiger partial charge in [0.05, 0.1) is 23.9 Å². The normalized spacial score (nSPS) is 10.8. The Hall–Kier alpha value is -1.11. The Bertz CT molecular complexity index is 708. The number of fused-ring (bicyclic) bond motifs is 1. The molecule has 98 valence electrons. The van der Waals surface area contributed by atoms with Crippen molar-refractivity contribution in [2.45, 2.75) is 6.54 Å². The highest BCUT2D eigenvalue weighted by Crippen LogP contribution is 2.30. The van der Waals surface area contributed by atoms with E-state index in [9.17, 15) is 0 Å². The Morgan fingerprint density at radius 3 is 3.00 bits per heavy atom. The van der Waals surface area contributed by atoms with Crippen LogP contribution in [-0.2, 0) is 6.54 Å². The van der Waals surface area contributed by atoms with Crippen LogP contribution >= 0.6 is 38.6 Å². The SMILES string of the molecule is COc1ccc2nc(NCc3sccc3Br)sc2c1. The molecule has 0 radical (unpaired) electrons. The first-order chi connectivity index (χ1) is 9.26. The van der Waals surface area contributed by atoms with Crippen molar-refractivity contribution in [3.63, 3.8) is 0 Å². The first kappa shape index (κ1) is 12.9. The van der Waals surface area contributed by atoms with Crippen LogP contribution in [0.1, 0.15) is 4.88 Å². The van der Waals surface area contributed by atoms with E-state index in [0.717, 1.165) is 32.1 Å². The van der Waals surface area contributed by atoms with Crippen molar-refractivity contribution >= 4 is 54.0 Å². The van der Waals surface area contributed by atoms with Crippen molar-refractivity contribution in [3.05, 3.63) is 39.0 Å². The minimum absolute atomic E-state index is 0.787. The fraction of sp³-hybridized carbons (Fsp3) is 0.154. The number of thiophene rings is 1. The summed E-state index contributed by atoms with van der Waals surface area (Å²) in [6.07, 6.45) is 0. The Labute approximate surface area is 127 Å². The highest BCUT2D eigenvalue weighted by Gasteiger charge is 2.06. The van der Waals surface area contributed by atoms with Gasteiger partial charge >= 0.3 is 0 Å². The van der Waals surface area contributed by atoms with E-state index in [2.05, 4.69) is 37.7 Å². The number of hydrogen-bond donors (Lipinski definition) is 1. The smallest absolute Gasteiger partial charge is 0.184 e. The molecule has 3 aromatic rings. The molecule has 0 aliphatic carbocycles. The lowest BCUT2D eigenvalue weighted by molar-refractivity contribution is 0.415. The molecule has 1 aromatic carbocycles. The van der Waals surface area contributed by atoms with Crippen LogP contribution in [0.15, 0.2) is 34.1 Å². The van der Waals surface area contributed by atoms with Crippen LogP contribution in [0.25, 0.3) is 10.2 Å². The summed E-state index contributed by atoms with van der Waals surface area (Å²) in [5, 5.41) is 6.37. The largest absolute Gasteiger partial charge is 0.497 e. The molecule has 0 amide bonds. The molecule has 0 saturated heterocycles. The number of halogens is 1. The quantitative estimate of drug-likeness (QED) is 0.734. The highest BCUT2D eigenvalue weighted by molar-refractivity contribution is 9.10. The average Bonchev–Trinajstić information content (AvgIpc) is 3.01. The van der Waals surface area contributed by atoms with Crippen molar-refractivity contribution < 1.29 is 4.74 Å². The second-order valence-corrected chi connectivity index (χ2v) is 6.78. The molecule has 0 unspecified atom stereocenters. The standard InChI is InChI=1S/C13H11BrN2OS2/c1-17-8-2-3-10-11(6-8)19-13(16-10)15-7-12-9(14)4-5-18-12/h2-6H,7H2,1H3,(H,15,16). The number of thiazole rings is 1. The van der Waals surface area contributed by atoms with Gasteiger partial charge in [0.15, 0.2) is 5.13 Å². The molecule has 2 aromatic heterocycles. The number of ether oxygens (including phenoxy) is 1. The molecule has 0 bridgehead atoms. The number of aromatic nitrogens is 1. The first-order valence-electron chi connectivity index (χ1n) is 5.66. The van der Waals surface area contributed by atoms with Crippen molar-refractivity contribution in [1.82, 2.24) is 4.98 Å². The lowest BCUT2D eigenvalue weighted by Crippen LogP contribution is -1.96. The predicted molar refractivity (Wildman–Crippen MR) is 85.5 cm³/mol. The molecule has 19 heavy (non-hydrogen) atoms. The molecule has 6 heteroatoms. The molecule has 0 aliphatic rings. The zero-order chi connectivity index (χ0) is 13.2. The average molecular weight is 355 g/mol. The Balaban J connectivity index is 1.80. The molecule has 3 nitrogen and oxygen atoms in total. The molecule has 0 aliphatic heterocycles. The second kappa shape index (κ2) is 5.48. The van der Waals surface area contributed by atoms with E-state index in [1.165, 1.54) is 4.88 Å². The summed E-state index contributed by atoms with van der Waals surface area (Å²) < 4.78 is 7.50. The van der Waals surface area contributed by atoms with Crippen LogP contribution in [0.3, 0.4) is 0 Å². The summed E-state index contributed by atoms with van der Waals surface area (Å²) in [6.45, 7) is 0.787. The van der Waals surface area contributed by atoms with Crippen molar-refractivity contribution in [2.75, 3.05) is 12.4 Å². The van der Waals surface area contributed by atoms with Crippen LogP contribution in [0.5, 0.6) is 5.75 Å². The number of hydrogen-bond acceptors (Lipinski definition) is 5. The number of rotatable bonds is 4. The third kappa shape index (κ3) is 2.75. The third-order valence-corrected chi connectivity index (χ3v) is 5.59. The predicted octanol–water partition coefficient (Wildman–Crippen LogP) is 4.74. The van der Waals surface area contributed by atoms with E-state index in [4.69, 9.17) is 4.74 Å². The lowest BCUT2D eigenvalue weighted by atomic mass is 10.3. The fourth-order valence-corrected chi connectivity index (χ4v) is 4.04. The van der Waals surface area contributed by atoms with Crippen LogP contribution in [0, 0.1) is 0 Å². The number of methoxy groups -OCH3 is 1. The van der Waals surface area contributed by atoms with Gasteiger partial charge in [0.2, 0.25) is 0 Å². The minimum atomic E-state index is 0.787. The molecule has 0 saturated carbocycles. The van der Waals surface area contributed by atoms with Crippen LogP contribution in [-0.4, -0.2) is 12.1 Å².